The summed E-state index contributed by atoms with van der Waals surface area (Å²) in [5.41, 5.74) is 2.69. The number of benzene rings is 1. The molecule has 1 heterocycles. The molecule has 1 fully saturated rings. The quantitative estimate of drug-likeness (QED) is 0.864. The molecule has 0 spiro atoms. The second kappa shape index (κ2) is 7.31. The Hall–Kier alpha value is -1.61. The Morgan fingerprint density at radius 2 is 2.04 bits per heavy atom. The lowest BCUT2D eigenvalue weighted by molar-refractivity contribution is -0.125. The highest BCUT2D eigenvalue weighted by Gasteiger charge is 2.36. The lowest BCUT2D eigenvalue weighted by Crippen LogP contribution is -2.46. The van der Waals surface area contributed by atoms with Gasteiger partial charge < -0.3 is 10.1 Å². The van der Waals surface area contributed by atoms with Crippen LogP contribution in [0.15, 0.2) is 36.4 Å². The summed E-state index contributed by atoms with van der Waals surface area (Å²) < 4.78 is 5.59. The number of ether oxygens (including phenoxy) is 1. The van der Waals surface area contributed by atoms with E-state index in [4.69, 9.17) is 4.74 Å². The van der Waals surface area contributed by atoms with E-state index in [1.165, 1.54) is 11.1 Å². The number of amides is 1. The van der Waals surface area contributed by atoms with Crippen LogP contribution in [0.3, 0.4) is 0 Å². The Morgan fingerprint density at radius 1 is 1.26 bits per heavy atom. The van der Waals surface area contributed by atoms with Gasteiger partial charge in [-0.15, -0.1) is 0 Å². The fourth-order valence-corrected chi connectivity index (χ4v) is 3.90. The van der Waals surface area contributed by atoms with E-state index in [0.29, 0.717) is 0 Å². The van der Waals surface area contributed by atoms with Crippen molar-refractivity contribution < 1.29 is 9.53 Å². The Morgan fingerprint density at radius 3 is 2.74 bits per heavy atom. The third-order valence-corrected chi connectivity index (χ3v) is 5.41. The van der Waals surface area contributed by atoms with E-state index in [-0.39, 0.29) is 17.2 Å². The van der Waals surface area contributed by atoms with E-state index in [0.717, 1.165) is 51.9 Å². The minimum Gasteiger partial charge on any atom is -0.381 e. The highest BCUT2D eigenvalue weighted by Crippen LogP contribution is 2.36. The van der Waals surface area contributed by atoms with Gasteiger partial charge in [-0.1, -0.05) is 36.4 Å². The summed E-state index contributed by atoms with van der Waals surface area (Å²) >= 11 is 0. The number of aryl methyl sites for hydroxylation is 1. The average Bonchev–Trinajstić information content (AvgIpc) is 2.61. The van der Waals surface area contributed by atoms with Gasteiger partial charge in [0.25, 0.3) is 0 Å². The molecule has 1 saturated heterocycles. The monoisotopic (exact) mass is 313 g/mol. The van der Waals surface area contributed by atoms with Crippen LogP contribution in [0.25, 0.3) is 0 Å². The first kappa shape index (κ1) is 16.3. The second-order valence-electron chi connectivity index (χ2n) is 6.91. The molecule has 2 aliphatic rings. The molecule has 0 saturated carbocycles. The van der Waals surface area contributed by atoms with Gasteiger partial charge >= 0.3 is 0 Å². The first-order valence-corrected chi connectivity index (χ1v) is 8.78. The summed E-state index contributed by atoms with van der Waals surface area (Å²) in [6.45, 7) is 4.44. The van der Waals surface area contributed by atoms with Crippen LogP contribution < -0.4 is 5.32 Å². The van der Waals surface area contributed by atoms with Crippen molar-refractivity contribution in [2.24, 2.45) is 5.92 Å². The van der Waals surface area contributed by atoms with E-state index >= 15 is 0 Å². The van der Waals surface area contributed by atoms with Crippen LogP contribution in [0.4, 0.5) is 0 Å². The molecule has 1 aliphatic carbocycles. The Balaban J connectivity index is 1.73. The zero-order valence-corrected chi connectivity index (χ0v) is 14.0. The second-order valence-corrected chi connectivity index (χ2v) is 6.91. The van der Waals surface area contributed by atoms with Crippen LogP contribution in [-0.4, -0.2) is 25.7 Å². The van der Waals surface area contributed by atoms with Crippen molar-refractivity contribution in [2.45, 2.75) is 44.4 Å². The topological polar surface area (TPSA) is 38.3 Å². The van der Waals surface area contributed by atoms with Gasteiger partial charge in [0.05, 0.1) is 0 Å². The van der Waals surface area contributed by atoms with Crippen molar-refractivity contribution in [1.82, 2.24) is 5.32 Å². The largest absolute Gasteiger partial charge is 0.381 e. The summed E-state index contributed by atoms with van der Waals surface area (Å²) in [7, 11) is 0. The SMILES string of the molecule is Cc1ccccc1C1(CNC(=O)[C@@H]2CC=CCC2)CCOCC1. The molecule has 1 amide bonds. The smallest absolute Gasteiger partial charge is 0.223 e. The van der Waals surface area contributed by atoms with Gasteiger partial charge in [-0.25, -0.2) is 0 Å². The predicted molar refractivity (Wildman–Crippen MR) is 92.4 cm³/mol. The van der Waals surface area contributed by atoms with Crippen molar-refractivity contribution in [3.05, 3.63) is 47.5 Å². The van der Waals surface area contributed by atoms with Crippen molar-refractivity contribution >= 4 is 5.91 Å². The fraction of sp³-hybridized carbons (Fsp3) is 0.550. The number of rotatable bonds is 4. The molecule has 1 atom stereocenters. The van der Waals surface area contributed by atoms with Crippen LogP contribution in [0, 0.1) is 12.8 Å². The highest BCUT2D eigenvalue weighted by molar-refractivity contribution is 5.79. The normalized spacial score (nSPS) is 23.4. The summed E-state index contributed by atoms with van der Waals surface area (Å²) in [6, 6.07) is 8.57. The van der Waals surface area contributed by atoms with Crippen LogP contribution in [0.5, 0.6) is 0 Å². The molecule has 124 valence electrons. The summed E-state index contributed by atoms with van der Waals surface area (Å²) in [5.74, 6) is 0.363. The van der Waals surface area contributed by atoms with Gasteiger partial charge in [-0.2, -0.15) is 0 Å². The zero-order chi connectivity index (χ0) is 16.1. The van der Waals surface area contributed by atoms with Crippen molar-refractivity contribution in [2.75, 3.05) is 19.8 Å². The Kier molecular flexibility index (Phi) is 5.16. The maximum atomic E-state index is 12.5. The van der Waals surface area contributed by atoms with Gasteiger partial charge in [0, 0.05) is 31.1 Å². The van der Waals surface area contributed by atoms with Gasteiger partial charge in [0.15, 0.2) is 0 Å². The maximum Gasteiger partial charge on any atom is 0.223 e. The third kappa shape index (κ3) is 3.66. The molecule has 1 aromatic carbocycles. The zero-order valence-electron chi connectivity index (χ0n) is 14.0. The highest BCUT2D eigenvalue weighted by atomic mass is 16.5. The molecule has 1 aromatic rings. The Bertz CT molecular complexity index is 573. The minimum absolute atomic E-state index is 0.0176. The molecular weight excluding hydrogens is 286 g/mol. The number of carbonyl (C=O) groups is 1. The van der Waals surface area contributed by atoms with Crippen LogP contribution in [-0.2, 0) is 14.9 Å². The molecule has 1 aliphatic heterocycles. The van der Waals surface area contributed by atoms with Crippen LogP contribution in [0.2, 0.25) is 0 Å². The van der Waals surface area contributed by atoms with Gasteiger partial charge in [0.1, 0.15) is 0 Å². The van der Waals surface area contributed by atoms with E-state index in [1.54, 1.807) is 0 Å². The summed E-state index contributed by atoms with van der Waals surface area (Å²) in [5, 5.41) is 3.26. The van der Waals surface area contributed by atoms with Gasteiger partial charge in [-0.3, -0.25) is 4.79 Å². The lowest BCUT2D eigenvalue weighted by atomic mass is 9.72. The molecule has 3 heteroatoms. The van der Waals surface area contributed by atoms with Crippen molar-refractivity contribution in [3.8, 4) is 0 Å². The van der Waals surface area contributed by atoms with E-state index in [1.807, 2.05) is 0 Å². The number of carbonyl (C=O) groups excluding carboxylic acids is 1. The first-order chi connectivity index (χ1) is 11.2. The molecule has 0 radical (unpaired) electrons. The van der Waals surface area contributed by atoms with Crippen molar-refractivity contribution in [1.29, 1.82) is 0 Å². The molecule has 0 bridgehead atoms. The van der Waals surface area contributed by atoms with Gasteiger partial charge in [-0.05, 0) is 50.2 Å². The first-order valence-electron chi connectivity index (χ1n) is 8.78. The molecule has 1 N–H and O–H groups in total. The summed E-state index contributed by atoms with van der Waals surface area (Å²) in [6.07, 6.45) is 9.14. The number of allylic oxidation sites excluding steroid dienone is 2. The lowest BCUT2D eigenvalue weighted by Gasteiger charge is -2.39. The number of hydrogen-bond donors (Lipinski definition) is 1. The maximum absolute atomic E-state index is 12.5. The van der Waals surface area contributed by atoms with E-state index in [2.05, 4.69) is 48.7 Å². The third-order valence-electron chi connectivity index (χ3n) is 5.41. The standard InChI is InChI=1S/C20H27NO2/c1-16-7-5-6-10-18(16)20(11-13-23-14-12-20)15-21-19(22)17-8-3-2-4-9-17/h2-3,5-7,10,17H,4,8-9,11-15H2,1H3,(H,21,22)/t17-/m1/s1. The molecule has 0 unspecified atom stereocenters. The van der Waals surface area contributed by atoms with Crippen LogP contribution in [0.1, 0.15) is 43.2 Å². The average molecular weight is 313 g/mol. The fourth-order valence-electron chi connectivity index (χ4n) is 3.90. The minimum atomic E-state index is 0.0176. The molecular formula is C20H27NO2. The predicted octanol–water partition coefficient (Wildman–Crippen LogP) is 3.52. The summed E-state index contributed by atoms with van der Waals surface area (Å²) in [4.78, 5) is 12.5. The Labute approximate surface area is 139 Å². The van der Waals surface area contributed by atoms with Gasteiger partial charge in [0.2, 0.25) is 5.91 Å². The molecule has 0 aromatic heterocycles. The number of hydrogen-bond acceptors (Lipinski definition) is 2. The molecule has 23 heavy (non-hydrogen) atoms. The molecule has 3 rings (SSSR count). The number of nitrogens with one attached hydrogen (secondary N) is 1. The van der Waals surface area contributed by atoms with E-state index < -0.39 is 0 Å². The van der Waals surface area contributed by atoms with Crippen molar-refractivity contribution in [3.63, 3.8) is 0 Å². The molecule has 3 nitrogen and oxygen atoms in total. The van der Waals surface area contributed by atoms with E-state index in [9.17, 15) is 4.79 Å². The van der Waals surface area contributed by atoms with Crippen LogP contribution >= 0.6 is 0 Å².